The maximum absolute atomic E-state index is 12.4. The molecule has 1 aromatic heterocycles. The van der Waals surface area contributed by atoms with Gasteiger partial charge in [0.05, 0.1) is 10.9 Å². The summed E-state index contributed by atoms with van der Waals surface area (Å²) in [5.41, 5.74) is 5.77. The Bertz CT molecular complexity index is 928. The average Bonchev–Trinajstić information content (AvgIpc) is 3.31. The van der Waals surface area contributed by atoms with Gasteiger partial charge in [0.2, 0.25) is 5.91 Å². The van der Waals surface area contributed by atoms with E-state index in [1.165, 1.54) is 12.8 Å². The smallest absolute Gasteiger partial charge is 0.269 e. The number of aromatic nitrogens is 2. The van der Waals surface area contributed by atoms with E-state index in [1.54, 1.807) is 22.8 Å². The number of benzene rings is 1. The highest BCUT2D eigenvalue weighted by Gasteiger charge is 2.19. The minimum absolute atomic E-state index is 0.0562. The standard InChI is InChI=1S/C19H22N4O3/c24-17(10-12-4-1-2-5-12)21-22-18(25)13-7-8-14-15(11-13)20-16-6-3-9-23(16)19(14)26/h7-8,11-12H,1-6,9-10H2,(H,21,24)(H,22,25). The fourth-order valence-electron chi connectivity index (χ4n) is 3.95. The molecule has 26 heavy (non-hydrogen) atoms. The fraction of sp³-hybridized carbons (Fsp3) is 0.474. The Kier molecular flexibility index (Phi) is 4.44. The van der Waals surface area contributed by atoms with Gasteiger partial charge in [-0.25, -0.2) is 4.98 Å². The SMILES string of the molecule is O=C(CC1CCCC1)NNC(=O)c1ccc2c(=O)n3c(nc2c1)CCC3. The second kappa shape index (κ2) is 6.90. The van der Waals surface area contributed by atoms with Crippen LogP contribution in [0.2, 0.25) is 0 Å². The van der Waals surface area contributed by atoms with Crippen LogP contribution in [0.1, 0.15) is 54.7 Å². The molecular weight excluding hydrogens is 332 g/mol. The van der Waals surface area contributed by atoms with Gasteiger partial charge in [0, 0.05) is 24.9 Å². The van der Waals surface area contributed by atoms with Crippen LogP contribution in [0.5, 0.6) is 0 Å². The molecule has 0 radical (unpaired) electrons. The molecule has 2 aliphatic rings. The number of rotatable bonds is 3. The average molecular weight is 354 g/mol. The zero-order chi connectivity index (χ0) is 18.1. The van der Waals surface area contributed by atoms with Gasteiger partial charge in [-0.15, -0.1) is 0 Å². The van der Waals surface area contributed by atoms with Crippen molar-refractivity contribution in [3.05, 3.63) is 39.9 Å². The number of nitrogens with one attached hydrogen (secondary N) is 2. The van der Waals surface area contributed by atoms with Crippen molar-refractivity contribution in [3.8, 4) is 0 Å². The Morgan fingerprint density at radius 2 is 1.96 bits per heavy atom. The lowest BCUT2D eigenvalue weighted by molar-refractivity contribution is -0.122. The van der Waals surface area contributed by atoms with E-state index in [0.717, 1.165) is 31.5 Å². The van der Waals surface area contributed by atoms with Crippen molar-refractivity contribution in [1.29, 1.82) is 0 Å². The highest BCUT2D eigenvalue weighted by molar-refractivity contribution is 5.98. The van der Waals surface area contributed by atoms with Crippen LogP contribution in [-0.4, -0.2) is 21.4 Å². The van der Waals surface area contributed by atoms with E-state index >= 15 is 0 Å². The molecule has 0 spiro atoms. The first-order valence-electron chi connectivity index (χ1n) is 9.24. The first kappa shape index (κ1) is 16.8. The molecule has 7 heteroatoms. The molecule has 136 valence electrons. The first-order chi connectivity index (χ1) is 12.6. The quantitative estimate of drug-likeness (QED) is 0.820. The van der Waals surface area contributed by atoms with E-state index in [4.69, 9.17) is 0 Å². The summed E-state index contributed by atoms with van der Waals surface area (Å²) < 4.78 is 1.70. The molecule has 0 unspecified atom stereocenters. The number of carbonyl (C=O) groups excluding carboxylic acids is 2. The van der Waals surface area contributed by atoms with Crippen LogP contribution < -0.4 is 16.4 Å². The van der Waals surface area contributed by atoms with Crippen LogP contribution >= 0.6 is 0 Å². The molecule has 2 amide bonds. The number of aryl methyl sites for hydroxylation is 1. The van der Waals surface area contributed by atoms with Crippen LogP contribution in [0.3, 0.4) is 0 Å². The molecule has 1 fully saturated rings. The normalized spacial score (nSPS) is 16.6. The largest absolute Gasteiger partial charge is 0.296 e. The van der Waals surface area contributed by atoms with Crippen molar-refractivity contribution in [3.63, 3.8) is 0 Å². The van der Waals surface area contributed by atoms with E-state index in [1.807, 2.05) is 0 Å². The summed E-state index contributed by atoms with van der Waals surface area (Å²) >= 11 is 0. The van der Waals surface area contributed by atoms with Crippen molar-refractivity contribution < 1.29 is 9.59 Å². The third-order valence-corrected chi connectivity index (χ3v) is 5.34. The number of amides is 2. The number of carbonyl (C=O) groups is 2. The van der Waals surface area contributed by atoms with Crippen LogP contribution in [0, 0.1) is 5.92 Å². The number of fused-ring (bicyclic) bond motifs is 2. The van der Waals surface area contributed by atoms with Gasteiger partial charge in [-0.3, -0.25) is 29.8 Å². The molecule has 2 N–H and O–H groups in total. The third-order valence-electron chi connectivity index (χ3n) is 5.34. The molecule has 1 aliphatic carbocycles. The Morgan fingerprint density at radius 3 is 2.77 bits per heavy atom. The Balaban J connectivity index is 1.46. The maximum atomic E-state index is 12.4. The number of hydrogen-bond donors (Lipinski definition) is 2. The van der Waals surface area contributed by atoms with Crippen molar-refractivity contribution in [2.24, 2.45) is 5.92 Å². The first-order valence-corrected chi connectivity index (χ1v) is 9.24. The van der Waals surface area contributed by atoms with E-state index in [2.05, 4.69) is 15.8 Å². The summed E-state index contributed by atoms with van der Waals surface area (Å²) in [4.78, 5) is 41.2. The fourth-order valence-corrected chi connectivity index (χ4v) is 3.95. The van der Waals surface area contributed by atoms with Crippen molar-refractivity contribution >= 4 is 22.7 Å². The number of nitrogens with zero attached hydrogens (tertiary/aromatic N) is 2. The zero-order valence-electron chi connectivity index (χ0n) is 14.6. The van der Waals surface area contributed by atoms with Gasteiger partial charge in [0.1, 0.15) is 5.82 Å². The van der Waals surface area contributed by atoms with Crippen LogP contribution in [0.25, 0.3) is 10.9 Å². The highest BCUT2D eigenvalue weighted by atomic mass is 16.2. The van der Waals surface area contributed by atoms with Crippen molar-refractivity contribution in [2.75, 3.05) is 0 Å². The molecule has 7 nitrogen and oxygen atoms in total. The van der Waals surface area contributed by atoms with E-state index in [0.29, 0.717) is 35.3 Å². The molecule has 1 aromatic carbocycles. The van der Waals surface area contributed by atoms with Gasteiger partial charge in [-0.05, 0) is 43.4 Å². The van der Waals surface area contributed by atoms with Gasteiger partial charge in [0.15, 0.2) is 0 Å². The Labute approximate surface area is 150 Å². The third kappa shape index (κ3) is 3.21. The molecule has 0 atom stereocenters. The predicted molar refractivity (Wildman–Crippen MR) is 96.5 cm³/mol. The summed E-state index contributed by atoms with van der Waals surface area (Å²) in [5.74, 6) is 0.617. The van der Waals surface area contributed by atoms with E-state index < -0.39 is 5.91 Å². The van der Waals surface area contributed by atoms with Crippen molar-refractivity contribution in [1.82, 2.24) is 20.4 Å². The van der Waals surface area contributed by atoms with Gasteiger partial charge in [0.25, 0.3) is 11.5 Å². The number of hydrazine groups is 1. The molecule has 0 bridgehead atoms. The molecule has 1 aliphatic heterocycles. The van der Waals surface area contributed by atoms with Crippen LogP contribution in [0.4, 0.5) is 0 Å². The summed E-state index contributed by atoms with van der Waals surface area (Å²) in [6.45, 7) is 0.701. The predicted octanol–water partition coefficient (Wildman–Crippen LogP) is 1.68. The maximum Gasteiger partial charge on any atom is 0.269 e. The number of hydrogen-bond acceptors (Lipinski definition) is 4. The van der Waals surface area contributed by atoms with Crippen molar-refractivity contribution in [2.45, 2.75) is 51.5 Å². The molecule has 2 aromatic rings. The van der Waals surface area contributed by atoms with Crippen LogP contribution in [0.15, 0.2) is 23.0 Å². The van der Waals surface area contributed by atoms with Gasteiger partial charge in [-0.1, -0.05) is 12.8 Å². The highest BCUT2D eigenvalue weighted by Crippen LogP contribution is 2.27. The summed E-state index contributed by atoms with van der Waals surface area (Å²) in [7, 11) is 0. The minimum atomic E-state index is -0.408. The van der Waals surface area contributed by atoms with Gasteiger partial charge >= 0.3 is 0 Å². The summed E-state index contributed by atoms with van der Waals surface area (Å²) in [6, 6.07) is 4.83. The molecule has 0 saturated heterocycles. The monoisotopic (exact) mass is 354 g/mol. The zero-order valence-corrected chi connectivity index (χ0v) is 14.6. The summed E-state index contributed by atoms with van der Waals surface area (Å²) in [6.07, 6.45) is 6.66. The van der Waals surface area contributed by atoms with Gasteiger partial charge < -0.3 is 0 Å². The summed E-state index contributed by atoms with van der Waals surface area (Å²) in [5, 5.41) is 0.512. The molecular formula is C19H22N4O3. The molecule has 2 heterocycles. The topological polar surface area (TPSA) is 93.1 Å². The lowest BCUT2D eigenvalue weighted by Gasteiger charge is -2.11. The lowest BCUT2D eigenvalue weighted by atomic mass is 10.0. The Hall–Kier alpha value is -2.70. The minimum Gasteiger partial charge on any atom is -0.296 e. The lowest BCUT2D eigenvalue weighted by Crippen LogP contribution is -2.42. The molecule has 1 saturated carbocycles. The van der Waals surface area contributed by atoms with E-state index in [-0.39, 0.29) is 11.5 Å². The Morgan fingerprint density at radius 1 is 1.15 bits per heavy atom. The second-order valence-electron chi connectivity index (χ2n) is 7.18. The van der Waals surface area contributed by atoms with E-state index in [9.17, 15) is 14.4 Å². The van der Waals surface area contributed by atoms with Crippen LogP contribution in [-0.2, 0) is 17.8 Å². The second-order valence-corrected chi connectivity index (χ2v) is 7.18. The van der Waals surface area contributed by atoms with Gasteiger partial charge in [-0.2, -0.15) is 0 Å². The molecule has 4 rings (SSSR count).